The maximum absolute atomic E-state index is 8.72. The molecule has 0 aliphatic carbocycles. The largest absolute Gasteiger partial charge is 0.456 e. The van der Waals surface area contributed by atoms with Gasteiger partial charge in [-0.2, -0.15) is 0 Å². The van der Waals surface area contributed by atoms with Crippen LogP contribution in [0.25, 0.3) is 33.1 Å². The van der Waals surface area contributed by atoms with Crippen LogP contribution in [-0.2, 0) is 0 Å². The molecule has 1 heteroatoms. The lowest BCUT2D eigenvalue weighted by molar-refractivity contribution is 0.669. The van der Waals surface area contributed by atoms with E-state index in [0.29, 0.717) is 0 Å². The van der Waals surface area contributed by atoms with E-state index in [1.807, 2.05) is 0 Å². The Labute approximate surface area is 132 Å². The first-order valence-corrected chi connectivity index (χ1v) is 5.91. The molecule has 0 spiro atoms. The summed E-state index contributed by atoms with van der Waals surface area (Å²) in [5.41, 5.74) is -0.759. The zero-order chi connectivity index (χ0) is 23.1. The van der Waals surface area contributed by atoms with Crippen LogP contribution in [0.3, 0.4) is 0 Å². The van der Waals surface area contributed by atoms with Crippen molar-refractivity contribution >= 4 is 21.9 Å². The van der Waals surface area contributed by atoms with Crippen LogP contribution >= 0.6 is 0 Å². The number of benzene rings is 3. The topological polar surface area (TPSA) is 13.1 Å². The Morgan fingerprint density at radius 1 is 0.800 bits per heavy atom. The second-order valence-electron chi connectivity index (χ2n) is 4.26. The Morgan fingerprint density at radius 3 is 2.50 bits per heavy atom. The van der Waals surface area contributed by atoms with Crippen LogP contribution < -0.4 is 0 Å². The molecule has 1 nitrogen and oxygen atoms in total. The Kier molecular flexibility index (Phi) is 1.01. The van der Waals surface area contributed by atoms with Crippen molar-refractivity contribution in [1.29, 1.82) is 0 Å². The molecule has 0 saturated heterocycles. The first-order valence-electron chi connectivity index (χ1n) is 11.4. The van der Waals surface area contributed by atoms with Crippen LogP contribution in [0.2, 0.25) is 0 Å². The summed E-state index contributed by atoms with van der Waals surface area (Å²) < 4.78 is 95.1. The van der Waals surface area contributed by atoms with Gasteiger partial charge in [-0.25, -0.2) is 0 Å². The summed E-state index contributed by atoms with van der Waals surface area (Å²) in [6.45, 7) is 1.51. The quantitative estimate of drug-likeness (QED) is 0.441. The van der Waals surface area contributed by atoms with Gasteiger partial charge in [0.1, 0.15) is 11.2 Å². The first-order chi connectivity index (χ1) is 14.4. The number of rotatable bonds is 1. The molecule has 0 bridgehead atoms. The molecule has 4 rings (SSSR count). The van der Waals surface area contributed by atoms with E-state index in [0.717, 1.165) is 0 Å². The smallest absolute Gasteiger partial charge is 0.135 e. The molecule has 0 aliphatic heterocycles. The van der Waals surface area contributed by atoms with Crippen molar-refractivity contribution in [2.24, 2.45) is 0 Å². The van der Waals surface area contributed by atoms with Gasteiger partial charge in [-0.05, 0) is 41.7 Å². The molecular formula is C19H14O. The third-order valence-electron chi connectivity index (χ3n) is 3.01. The molecule has 3 aromatic carbocycles. The van der Waals surface area contributed by atoms with Gasteiger partial charge in [0.25, 0.3) is 0 Å². The first kappa shape index (κ1) is 4.78. The highest BCUT2D eigenvalue weighted by atomic mass is 16.3. The van der Waals surface area contributed by atoms with Gasteiger partial charge in [0.2, 0.25) is 0 Å². The summed E-state index contributed by atoms with van der Waals surface area (Å²) in [6, 6.07) is -5.55. The predicted octanol–water partition coefficient (Wildman–Crippen LogP) is 5.56. The molecule has 20 heavy (non-hydrogen) atoms. The summed E-state index contributed by atoms with van der Waals surface area (Å²) >= 11 is 0. The number of hydrogen-bond donors (Lipinski definition) is 0. The highest BCUT2D eigenvalue weighted by Crippen LogP contribution is 2.33. The molecule has 1 heterocycles. The van der Waals surface area contributed by atoms with E-state index in [-0.39, 0.29) is 50.7 Å². The van der Waals surface area contributed by atoms with Crippen LogP contribution in [0, 0.1) is 6.92 Å². The number of furan rings is 1. The number of hydrogen-bond acceptors (Lipinski definition) is 1. The monoisotopic (exact) mass is 269 g/mol. The Hall–Kier alpha value is -2.54. The van der Waals surface area contributed by atoms with Gasteiger partial charge < -0.3 is 4.42 Å². The minimum atomic E-state index is -0.629. The standard InChI is InChI=1S/C19H14O/c1-13-6-5-9-18-19(13)16-12-15(10-11-17(16)20-18)14-7-3-2-4-8-14/h2-12H,1H3/i2D,3D,4D,5D,6D,7D,8D,9D,10D,11D,12D. The van der Waals surface area contributed by atoms with Crippen LogP contribution in [-0.4, -0.2) is 0 Å². The number of fused-ring (bicyclic) bond motifs is 3. The third-order valence-corrected chi connectivity index (χ3v) is 3.01. The van der Waals surface area contributed by atoms with Crippen molar-refractivity contribution in [1.82, 2.24) is 0 Å². The summed E-state index contributed by atoms with van der Waals surface area (Å²) in [5.74, 6) is 0. The molecule has 0 amide bonds. The van der Waals surface area contributed by atoms with E-state index in [1.54, 1.807) is 0 Å². The van der Waals surface area contributed by atoms with Gasteiger partial charge in [0.15, 0.2) is 0 Å². The SMILES string of the molecule is [2H]c1c([2H])c([2H])c(-c2c([2H])c([2H])c3oc4c([2H])c([2H])c([2H])c(C)c4c3c2[2H])c([2H])c1[2H]. The van der Waals surface area contributed by atoms with Gasteiger partial charge in [-0.1, -0.05) is 48.3 Å². The predicted molar refractivity (Wildman–Crippen MR) is 83.9 cm³/mol. The maximum atomic E-state index is 8.72. The van der Waals surface area contributed by atoms with E-state index >= 15 is 0 Å². The highest BCUT2D eigenvalue weighted by molar-refractivity contribution is 6.07. The molecule has 1 aromatic heterocycles. The molecule has 0 radical (unpaired) electrons. The van der Waals surface area contributed by atoms with Crippen LogP contribution in [0.5, 0.6) is 0 Å². The van der Waals surface area contributed by atoms with Crippen molar-refractivity contribution in [3.63, 3.8) is 0 Å². The van der Waals surface area contributed by atoms with E-state index in [1.165, 1.54) is 6.92 Å². The summed E-state index contributed by atoms with van der Waals surface area (Å²) in [4.78, 5) is 0. The molecule has 0 fully saturated rings. The fourth-order valence-corrected chi connectivity index (χ4v) is 2.10. The van der Waals surface area contributed by atoms with E-state index in [9.17, 15) is 0 Å². The second kappa shape index (κ2) is 4.24. The molecule has 0 unspecified atom stereocenters. The fraction of sp³-hybridized carbons (Fsp3) is 0.0526. The molecule has 0 atom stereocenters. The average molecular weight is 269 g/mol. The van der Waals surface area contributed by atoms with Crippen molar-refractivity contribution in [3.8, 4) is 11.1 Å². The van der Waals surface area contributed by atoms with E-state index in [2.05, 4.69) is 0 Å². The molecule has 0 aliphatic rings. The minimum Gasteiger partial charge on any atom is -0.456 e. The van der Waals surface area contributed by atoms with Crippen LogP contribution in [0.1, 0.15) is 20.6 Å². The summed E-state index contributed by atoms with van der Waals surface area (Å²) in [7, 11) is 0. The lowest BCUT2D eigenvalue weighted by Gasteiger charge is -2.01. The fourth-order valence-electron chi connectivity index (χ4n) is 2.10. The van der Waals surface area contributed by atoms with Crippen LogP contribution in [0.4, 0.5) is 0 Å². The van der Waals surface area contributed by atoms with Gasteiger partial charge >= 0.3 is 0 Å². The van der Waals surface area contributed by atoms with Crippen molar-refractivity contribution in [3.05, 3.63) is 72.0 Å². The van der Waals surface area contributed by atoms with Gasteiger partial charge in [-0.3, -0.25) is 0 Å². The van der Waals surface area contributed by atoms with Crippen molar-refractivity contribution in [2.75, 3.05) is 0 Å². The maximum Gasteiger partial charge on any atom is 0.135 e. The summed E-state index contributed by atoms with van der Waals surface area (Å²) in [6.07, 6.45) is 0. The molecule has 96 valence electrons. The average Bonchev–Trinajstić information content (AvgIpc) is 3.15. The van der Waals surface area contributed by atoms with Gasteiger partial charge in [0.05, 0.1) is 15.1 Å². The third kappa shape index (κ3) is 1.64. The second-order valence-corrected chi connectivity index (χ2v) is 4.26. The van der Waals surface area contributed by atoms with Crippen molar-refractivity contribution < 1.29 is 19.5 Å². The Bertz CT molecular complexity index is 1420. The van der Waals surface area contributed by atoms with Gasteiger partial charge in [0, 0.05) is 10.8 Å². The van der Waals surface area contributed by atoms with Gasteiger partial charge in [-0.15, -0.1) is 0 Å². The lowest BCUT2D eigenvalue weighted by Crippen LogP contribution is -1.77. The normalized spacial score (nSPS) is 18.9. The summed E-state index contributed by atoms with van der Waals surface area (Å²) in [5, 5.41) is 0.158. The van der Waals surface area contributed by atoms with E-state index < -0.39 is 54.4 Å². The zero-order valence-corrected chi connectivity index (χ0v) is 10.4. The lowest BCUT2D eigenvalue weighted by atomic mass is 10.0. The molecule has 0 saturated carbocycles. The number of aryl methyl sites for hydroxylation is 1. The Balaban J connectivity index is 2.30. The van der Waals surface area contributed by atoms with Crippen LogP contribution in [0.15, 0.2) is 70.9 Å². The van der Waals surface area contributed by atoms with Crippen molar-refractivity contribution in [2.45, 2.75) is 6.92 Å². The highest BCUT2D eigenvalue weighted by Gasteiger charge is 2.09. The molecule has 4 aromatic rings. The van der Waals surface area contributed by atoms with E-state index in [4.69, 9.17) is 19.5 Å². The molecule has 0 N–H and O–H groups in total. The minimum absolute atomic E-state index is 0.00249. The molecular weight excluding hydrogens is 244 g/mol. The zero-order valence-electron chi connectivity index (χ0n) is 21.4. The Morgan fingerprint density at radius 2 is 1.65 bits per heavy atom.